The maximum Gasteiger partial charge on any atom is 0.262 e. The first-order valence-corrected chi connectivity index (χ1v) is 5.84. The molecule has 0 saturated carbocycles. The van der Waals surface area contributed by atoms with Gasteiger partial charge in [0.05, 0.1) is 11.4 Å². The molecule has 0 unspecified atom stereocenters. The van der Waals surface area contributed by atoms with Crippen LogP contribution in [0.3, 0.4) is 0 Å². The second-order valence-corrected chi connectivity index (χ2v) is 4.06. The van der Waals surface area contributed by atoms with Crippen molar-refractivity contribution in [2.24, 2.45) is 0 Å². The van der Waals surface area contributed by atoms with Crippen molar-refractivity contribution >= 4 is 17.5 Å². The Morgan fingerprint density at radius 1 is 1.37 bits per heavy atom. The van der Waals surface area contributed by atoms with Crippen LogP contribution in [-0.4, -0.2) is 29.5 Å². The lowest BCUT2D eigenvalue weighted by Crippen LogP contribution is -2.25. The van der Waals surface area contributed by atoms with Gasteiger partial charge in [0, 0.05) is 18.8 Å². The molecule has 2 aromatic rings. The number of anilines is 2. The van der Waals surface area contributed by atoms with Gasteiger partial charge in [0.2, 0.25) is 5.95 Å². The van der Waals surface area contributed by atoms with E-state index in [9.17, 15) is 4.79 Å². The highest BCUT2D eigenvalue weighted by Crippen LogP contribution is 2.32. The molecule has 2 N–H and O–H groups in total. The van der Waals surface area contributed by atoms with Crippen LogP contribution in [0.15, 0.2) is 30.5 Å². The highest BCUT2D eigenvalue weighted by Gasteiger charge is 2.16. The maximum absolute atomic E-state index is 11.3. The number of hydrogen-bond donors (Lipinski definition) is 2. The van der Waals surface area contributed by atoms with Crippen LogP contribution in [0, 0.1) is 0 Å². The average molecular weight is 256 g/mol. The molecule has 1 aromatic carbocycles. The number of ether oxygens (including phenoxy) is 1. The summed E-state index contributed by atoms with van der Waals surface area (Å²) in [6, 6.07) is 7.38. The number of aromatic nitrogens is 2. The second-order valence-electron chi connectivity index (χ2n) is 4.06. The molecule has 0 atom stereocenters. The number of carbonyl (C=O) groups excluding carboxylic acids is 1. The highest BCUT2D eigenvalue weighted by molar-refractivity contribution is 5.96. The van der Waals surface area contributed by atoms with Crippen LogP contribution in [0.5, 0.6) is 5.75 Å². The first-order chi connectivity index (χ1) is 9.26. The molecule has 0 bridgehead atoms. The molecule has 19 heavy (non-hydrogen) atoms. The first kappa shape index (κ1) is 11.5. The van der Waals surface area contributed by atoms with Crippen molar-refractivity contribution in [3.05, 3.63) is 30.5 Å². The number of benzene rings is 1. The molecule has 1 aromatic heterocycles. The number of nitrogens with one attached hydrogen (secondary N) is 2. The van der Waals surface area contributed by atoms with Gasteiger partial charge in [0.1, 0.15) is 5.75 Å². The number of fused-ring (bicyclic) bond motifs is 1. The third kappa shape index (κ3) is 2.20. The molecule has 6 nitrogen and oxygen atoms in total. The Morgan fingerprint density at radius 2 is 2.26 bits per heavy atom. The molecule has 6 heteroatoms. The molecule has 1 aliphatic rings. The molecule has 0 aliphatic carbocycles. The summed E-state index contributed by atoms with van der Waals surface area (Å²) in [4.78, 5) is 19.7. The van der Waals surface area contributed by atoms with Gasteiger partial charge in [-0.25, -0.2) is 9.97 Å². The van der Waals surface area contributed by atoms with Gasteiger partial charge in [-0.1, -0.05) is 0 Å². The minimum atomic E-state index is -0.150. The Hall–Kier alpha value is -2.63. The lowest BCUT2D eigenvalue weighted by atomic mass is 10.1. The van der Waals surface area contributed by atoms with Crippen LogP contribution in [0.1, 0.15) is 0 Å². The summed E-state index contributed by atoms with van der Waals surface area (Å²) >= 11 is 0. The van der Waals surface area contributed by atoms with Crippen LogP contribution in [-0.2, 0) is 4.79 Å². The largest absolute Gasteiger partial charge is 0.482 e. The average Bonchev–Trinajstić information content (AvgIpc) is 2.46. The number of hydrogen-bond acceptors (Lipinski definition) is 5. The smallest absolute Gasteiger partial charge is 0.262 e. The van der Waals surface area contributed by atoms with Crippen molar-refractivity contribution in [1.29, 1.82) is 0 Å². The van der Waals surface area contributed by atoms with Gasteiger partial charge in [0.25, 0.3) is 5.91 Å². The van der Waals surface area contributed by atoms with E-state index in [2.05, 4.69) is 20.6 Å². The SMILES string of the molecule is CNc1nccc(-c2ccc3c(c2)NC(=O)CO3)n1. The van der Waals surface area contributed by atoms with Crippen LogP contribution < -0.4 is 15.4 Å². The van der Waals surface area contributed by atoms with Gasteiger partial charge in [-0.05, 0) is 24.3 Å². The Morgan fingerprint density at radius 3 is 3.11 bits per heavy atom. The Balaban J connectivity index is 2.01. The fraction of sp³-hybridized carbons (Fsp3) is 0.154. The summed E-state index contributed by atoms with van der Waals surface area (Å²) in [6.07, 6.45) is 1.68. The molecule has 0 spiro atoms. The standard InChI is InChI=1S/C13H12N4O2/c1-14-13-15-5-4-9(17-13)8-2-3-11-10(6-8)16-12(18)7-19-11/h2-6H,7H2,1H3,(H,16,18)(H,14,15,17). The van der Waals surface area contributed by atoms with Crippen LogP contribution in [0.25, 0.3) is 11.3 Å². The lowest BCUT2D eigenvalue weighted by Gasteiger charge is -2.18. The van der Waals surface area contributed by atoms with Crippen LogP contribution in [0.4, 0.5) is 11.6 Å². The summed E-state index contributed by atoms with van der Waals surface area (Å²) in [5.74, 6) is 1.07. The maximum atomic E-state index is 11.3. The Labute approximate surface area is 109 Å². The van der Waals surface area contributed by atoms with E-state index >= 15 is 0 Å². The minimum absolute atomic E-state index is 0.0593. The summed E-state index contributed by atoms with van der Waals surface area (Å²) in [7, 11) is 1.76. The quantitative estimate of drug-likeness (QED) is 0.851. The fourth-order valence-electron chi connectivity index (χ4n) is 1.88. The van der Waals surface area contributed by atoms with Crippen molar-refractivity contribution in [2.75, 3.05) is 24.3 Å². The molecule has 2 heterocycles. The zero-order valence-corrected chi connectivity index (χ0v) is 10.3. The van der Waals surface area contributed by atoms with Gasteiger partial charge in [-0.15, -0.1) is 0 Å². The van der Waals surface area contributed by atoms with Gasteiger partial charge < -0.3 is 15.4 Å². The van der Waals surface area contributed by atoms with Gasteiger partial charge in [0.15, 0.2) is 6.61 Å². The summed E-state index contributed by atoms with van der Waals surface area (Å²) in [5.41, 5.74) is 2.34. The van der Waals surface area contributed by atoms with E-state index in [0.717, 1.165) is 11.3 Å². The molecular formula is C13H12N4O2. The van der Waals surface area contributed by atoms with E-state index in [1.807, 2.05) is 24.3 Å². The Bertz CT molecular complexity index is 642. The molecule has 0 radical (unpaired) electrons. The van der Waals surface area contributed by atoms with E-state index in [-0.39, 0.29) is 12.5 Å². The van der Waals surface area contributed by atoms with Crippen LogP contribution in [0.2, 0.25) is 0 Å². The topological polar surface area (TPSA) is 76.1 Å². The minimum Gasteiger partial charge on any atom is -0.482 e. The normalized spacial score (nSPS) is 13.2. The molecule has 0 saturated heterocycles. The third-order valence-corrected chi connectivity index (χ3v) is 2.79. The second kappa shape index (κ2) is 4.56. The van der Waals surface area contributed by atoms with E-state index < -0.39 is 0 Å². The summed E-state index contributed by atoms with van der Waals surface area (Å²) in [5, 5.41) is 5.67. The van der Waals surface area contributed by atoms with Crippen molar-refractivity contribution in [2.45, 2.75) is 0 Å². The van der Waals surface area contributed by atoms with E-state index in [0.29, 0.717) is 17.4 Å². The Kier molecular flexibility index (Phi) is 2.75. The predicted octanol–water partition coefficient (Wildman–Crippen LogP) is 1.52. The highest BCUT2D eigenvalue weighted by atomic mass is 16.5. The van der Waals surface area contributed by atoms with Crippen molar-refractivity contribution in [3.8, 4) is 17.0 Å². The third-order valence-electron chi connectivity index (χ3n) is 2.79. The number of rotatable bonds is 2. The molecular weight excluding hydrogens is 244 g/mol. The van der Waals surface area contributed by atoms with Crippen LogP contribution >= 0.6 is 0 Å². The summed E-state index contributed by atoms with van der Waals surface area (Å²) < 4.78 is 5.31. The number of amides is 1. The molecule has 1 aliphatic heterocycles. The van der Waals surface area contributed by atoms with Gasteiger partial charge in [-0.2, -0.15) is 0 Å². The molecule has 3 rings (SSSR count). The van der Waals surface area contributed by atoms with Gasteiger partial charge in [-0.3, -0.25) is 4.79 Å². The van der Waals surface area contributed by atoms with Crippen molar-refractivity contribution in [1.82, 2.24) is 9.97 Å². The fourth-order valence-corrected chi connectivity index (χ4v) is 1.88. The number of carbonyl (C=O) groups is 1. The van der Waals surface area contributed by atoms with Crippen molar-refractivity contribution < 1.29 is 9.53 Å². The van der Waals surface area contributed by atoms with E-state index in [1.165, 1.54) is 0 Å². The summed E-state index contributed by atoms with van der Waals surface area (Å²) in [6.45, 7) is 0.0593. The first-order valence-electron chi connectivity index (χ1n) is 5.84. The lowest BCUT2D eigenvalue weighted by molar-refractivity contribution is -0.118. The molecule has 1 amide bonds. The molecule has 0 fully saturated rings. The predicted molar refractivity (Wildman–Crippen MR) is 71.1 cm³/mol. The zero-order chi connectivity index (χ0) is 13.2. The van der Waals surface area contributed by atoms with E-state index in [4.69, 9.17) is 4.74 Å². The zero-order valence-electron chi connectivity index (χ0n) is 10.3. The molecule has 96 valence electrons. The van der Waals surface area contributed by atoms with Crippen molar-refractivity contribution in [3.63, 3.8) is 0 Å². The number of nitrogens with zero attached hydrogens (tertiary/aromatic N) is 2. The van der Waals surface area contributed by atoms with E-state index in [1.54, 1.807) is 13.2 Å². The van der Waals surface area contributed by atoms with Gasteiger partial charge >= 0.3 is 0 Å². The monoisotopic (exact) mass is 256 g/mol.